The molecule has 120 valence electrons. The maximum absolute atomic E-state index is 6.67. The number of fused-ring (bicyclic) bond motifs is 2. The average Bonchev–Trinajstić information content (AvgIpc) is 2.83. The standard InChI is InChI=1S/C21H25NO/c1-22-18-12-13-19(22)15-20(14-18)23-21(16-8-4-2-5-9-16)17-10-6-3-7-11-17/h2-11,18-21H,12-15H2,1H3/t18-,19?,20?/m0/s1. The molecule has 2 bridgehead atoms. The van der Waals surface area contributed by atoms with E-state index in [0.29, 0.717) is 18.2 Å². The Balaban J connectivity index is 1.57. The van der Waals surface area contributed by atoms with Gasteiger partial charge in [0.1, 0.15) is 6.10 Å². The predicted octanol–water partition coefficient (Wildman–Crippen LogP) is 4.42. The molecule has 2 aromatic rings. The van der Waals surface area contributed by atoms with Crippen molar-refractivity contribution in [3.05, 3.63) is 71.8 Å². The molecular weight excluding hydrogens is 282 g/mol. The Kier molecular flexibility index (Phi) is 4.19. The molecular formula is C21H25NO. The fourth-order valence-electron chi connectivity index (χ4n) is 4.27. The van der Waals surface area contributed by atoms with Gasteiger partial charge in [-0.1, -0.05) is 60.7 Å². The maximum atomic E-state index is 6.67. The minimum absolute atomic E-state index is 0.0465. The maximum Gasteiger partial charge on any atom is 0.108 e. The summed E-state index contributed by atoms with van der Waals surface area (Å²) in [5.74, 6) is 0. The number of benzene rings is 2. The molecule has 2 fully saturated rings. The van der Waals surface area contributed by atoms with Crippen molar-refractivity contribution >= 4 is 0 Å². The summed E-state index contributed by atoms with van der Waals surface area (Å²) in [6, 6.07) is 22.7. The number of piperidine rings is 1. The fraction of sp³-hybridized carbons (Fsp3) is 0.429. The van der Waals surface area contributed by atoms with Crippen molar-refractivity contribution in [1.29, 1.82) is 0 Å². The number of nitrogens with zero attached hydrogens (tertiary/aromatic N) is 1. The molecule has 0 aromatic heterocycles. The molecule has 0 saturated carbocycles. The minimum Gasteiger partial charge on any atom is -0.365 e. The summed E-state index contributed by atoms with van der Waals surface area (Å²) < 4.78 is 6.67. The van der Waals surface area contributed by atoms with Crippen LogP contribution in [0.25, 0.3) is 0 Å². The van der Waals surface area contributed by atoms with Gasteiger partial charge >= 0.3 is 0 Å². The van der Waals surface area contributed by atoms with E-state index in [1.54, 1.807) is 0 Å². The van der Waals surface area contributed by atoms with Gasteiger partial charge in [-0.15, -0.1) is 0 Å². The molecule has 4 rings (SSSR count). The second-order valence-corrected chi connectivity index (χ2v) is 6.98. The van der Waals surface area contributed by atoms with E-state index in [4.69, 9.17) is 4.74 Å². The number of hydrogen-bond acceptors (Lipinski definition) is 2. The Labute approximate surface area is 139 Å². The van der Waals surface area contributed by atoms with Crippen LogP contribution >= 0.6 is 0 Å². The summed E-state index contributed by atoms with van der Waals surface area (Å²) in [5, 5.41) is 0. The summed E-state index contributed by atoms with van der Waals surface area (Å²) in [7, 11) is 2.28. The van der Waals surface area contributed by atoms with Crippen molar-refractivity contribution < 1.29 is 4.74 Å². The van der Waals surface area contributed by atoms with Crippen LogP contribution < -0.4 is 0 Å². The molecule has 2 saturated heterocycles. The van der Waals surface area contributed by atoms with Crippen molar-refractivity contribution in [2.24, 2.45) is 0 Å². The van der Waals surface area contributed by atoms with Crippen LogP contribution in [0.5, 0.6) is 0 Å². The largest absolute Gasteiger partial charge is 0.365 e. The normalized spacial score (nSPS) is 27.5. The molecule has 0 radical (unpaired) electrons. The highest BCUT2D eigenvalue weighted by Crippen LogP contribution is 2.38. The van der Waals surface area contributed by atoms with Crippen LogP contribution in [0.4, 0.5) is 0 Å². The SMILES string of the molecule is CN1C2CC[C@H]1CC(OC(c1ccccc1)c1ccccc1)C2. The highest BCUT2D eigenvalue weighted by Gasteiger charge is 2.39. The zero-order valence-corrected chi connectivity index (χ0v) is 13.8. The van der Waals surface area contributed by atoms with Gasteiger partial charge in [0.25, 0.3) is 0 Å². The molecule has 3 atom stereocenters. The van der Waals surface area contributed by atoms with Crippen LogP contribution in [0.1, 0.15) is 42.9 Å². The van der Waals surface area contributed by atoms with Crippen molar-refractivity contribution in [2.45, 2.75) is 50.0 Å². The summed E-state index contributed by atoms with van der Waals surface area (Å²) >= 11 is 0. The zero-order valence-electron chi connectivity index (χ0n) is 13.8. The molecule has 2 unspecified atom stereocenters. The highest BCUT2D eigenvalue weighted by molar-refractivity contribution is 5.30. The minimum atomic E-state index is 0.0465. The van der Waals surface area contributed by atoms with Crippen molar-refractivity contribution in [2.75, 3.05) is 7.05 Å². The van der Waals surface area contributed by atoms with Gasteiger partial charge in [-0.25, -0.2) is 0 Å². The Morgan fingerprint density at radius 1 is 0.826 bits per heavy atom. The molecule has 2 aliphatic rings. The average molecular weight is 307 g/mol. The van der Waals surface area contributed by atoms with Gasteiger partial charge in [-0.3, -0.25) is 0 Å². The lowest BCUT2D eigenvalue weighted by Crippen LogP contribution is -2.43. The van der Waals surface area contributed by atoms with Crippen LogP contribution in [0.2, 0.25) is 0 Å². The van der Waals surface area contributed by atoms with Crippen LogP contribution in [0.3, 0.4) is 0 Å². The van der Waals surface area contributed by atoms with Crippen molar-refractivity contribution in [3.63, 3.8) is 0 Å². The first-order chi connectivity index (χ1) is 11.3. The number of hydrogen-bond donors (Lipinski definition) is 0. The lowest BCUT2D eigenvalue weighted by Gasteiger charge is -2.38. The monoisotopic (exact) mass is 307 g/mol. The lowest BCUT2D eigenvalue weighted by atomic mass is 9.97. The Morgan fingerprint density at radius 3 is 1.78 bits per heavy atom. The van der Waals surface area contributed by atoms with Crippen LogP contribution in [-0.4, -0.2) is 30.1 Å². The van der Waals surface area contributed by atoms with E-state index in [-0.39, 0.29) is 6.10 Å². The molecule has 2 heteroatoms. The molecule has 23 heavy (non-hydrogen) atoms. The molecule has 2 aliphatic heterocycles. The summed E-state index contributed by atoms with van der Waals surface area (Å²) in [6.07, 6.45) is 5.43. The van der Waals surface area contributed by atoms with E-state index < -0.39 is 0 Å². The second-order valence-electron chi connectivity index (χ2n) is 6.98. The van der Waals surface area contributed by atoms with E-state index in [2.05, 4.69) is 72.6 Å². The number of rotatable bonds is 4. The van der Waals surface area contributed by atoms with Crippen molar-refractivity contribution in [1.82, 2.24) is 4.90 Å². The van der Waals surface area contributed by atoms with Gasteiger partial charge in [0.15, 0.2) is 0 Å². The Morgan fingerprint density at radius 2 is 1.30 bits per heavy atom. The quantitative estimate of drug-likeness (QED) is 0.829. The van der Waals surface area contributed by atoms with Gasteiger partial charge in [0.05, 0.1) is 6.10 Å². The van der Waals surface area contributed by atoms with Crippen LogP contribution in [0.15, 0.2) is 60.7 Å². The molecule has 2 aromatic carbocycles. The Bertz CT molecular complexity index is 573. The smallest absolute Gasteiger partial charge is 0.108 e. The predicted molar refractivity (Wildman–Crippen MR) is 93.4 cm³/mol. The molecule has 0 amide bonds. The van der Waals surface area contributed by atoms with E-state index in [0.717, 1.165) is 0 Å². The Hall–Kier alpha value is -1.64. The third-order valence-electron chi connectivity index (χ3n) is 5.59. The summed E-state index contributed by atoms with van der Waals surface area (Å²) in [5.41, 5.74) is 2.51. The van der Waals surface area contributed by atoms with Crippen LogP contribution in [0, 0.1) is 0 Å². The van der Waals surface area contributed by atoms with Crippen molar-refractivity contribution in [3.8, 4) is 0 Å². The van der Waals surface area contributed by atoms with Gasteiger partial charge in [-0.2, -0.15) is 0 Å². The molecule has 0 N–H and O–H groups in total. The first-order valence-electron chi connectivity index (χ1n) is 8.78. The third kappa shape index (κ3) is 3.06. The molecule has 2 nitrogen and oxygen atoms in total. The van der Waals surface area contributed by atoms with Gasteiger partial charge < -0.3 is 9.64 Å². The summed E-state index contributed by atoms with van der Waals surface area (Å²) in [4.78, 5) is 2.57. The first kappa shape index (κ1) is 14.9. The van der Waals surface area contributed by atoms with E-state index in [9.17, 15) is 0 Å². The molecule has 0 aliphatic carbocycles. The summed E-state index contributed by atoms with van der Waals surface area (Å²) in [6.45, 7) is 0. The second kappa shape index (κ2) is 6.46. The first-order valence-corrected chi connectivity index (χ1v) is 8.78. The fourth-order valence-corrected chi connectivity index (χ4v) is 4.27. The topological polar surface area (TPSA) is 12.5 Å². The van der Waals surface area contributed by atoms with Crippen LogP contribution in [-0.2, 0) is 4.74 Å². The van der Waals surface area contributed by atoms with E-state index in [1.165, 1.54) is 36.8 Å². The third-order valence-corrected chi connectivity index (χ3v) is 5.59. The number of ether oxygens (including phenoxy) is 1. The van der Waals surface area contributed by atoms with Gasteiger partial charge in [0.2, 0.25) is 0 Å². The molecule has 0 spiro atoms. The zero-order chi connectivity index (χ0) is 15.6. The lowest BCUT2D eigenvalue weighted by molar-refractivity contribution is -0.0426. The highest BCUT2D eigenvalue weighted by atomic mass is 16.5. The van der Waals surface area contributed by atoms with Gasteiger partial charge in [-0.05, 0) is 43.9 Å². The molecule has 2 heterocycles. The van der Waals surface area contributed by atoms with E-state index >= 15 is 0 Å². The van der Waals surface area contributed by atoms with Gasteiger partial charge in [0, 0.05) is 12.1 Å². The van der Waals surface area contributed by atoms with E-state index in [1.807, 2.05) is 0 Å².